The van der Waals surface area contributed by atoms with E-state index in [0.717, 1.165) is 5.69 Å². The summed E-state index contributed by atoms with van der Waals surface area (Å²) in [4.78, 5) is 13.4. The highest BCUT2D eigenvalue weighted by atomic mass is 32.2. The minimum Gasteiger partial charge on any atom is -0.461 e. The van der Waals surface area contributed by atoms with Crippen LogP contribution in [0, 0.1) is 0 Å². The lowest BCUT2D eigenvalue weighted by Gasteiger charge is -2.12. The summed E-state index contributed by atoms with van der Waals surface area (Å²) in [5.41, 5.74) is -4.32. The Kier molecular flexibility index (Phi) is 5.78. The van der Waals surface area contributed by atoms with E-state index >= 15 is 0 Å². The van der Waals surface area contributed by atoms with Crippen LogP contribution < -0.4 is 9.62 Å². The maximum absolute atomic E-state index is 12.0. The number of halogens is 3. The molecular weight excluding hydrogens is 325 g/mol. The van der Waals surface area contributed by atoms with Crippen molar-refractivity contribution in [1.29, 1.82) is 0 Å². The molecule has 0 unspecified atom stereocenters. The number of carbonyl (C=O) groups is 1. The van der Waals surface area contributed by atoms with E-state index in [-0.39, 0.29) is 5.56 Å². The van der Waals surface area contributed by atoms with Crippen LogP contribution in [-0.4, -0.2) is 47.1 Å². The fourth-order valence-electron chi connectivity index (χ4n) is 1.38. The largest absolute Gasteiger partial charge is 0.511 e. The third-order valence-electron chi connectivity index (χ3n) is 2.55. The second-order valence-electron chi connectivity index (χ2n) is 4.42. The molecule has 6 nitrogen and oxygen atoms in total. The van der Waals surface area contributed by atoms with Crippen molar-refractivity contribution in [3.63, 3.8) is 0 Å². The van der Waals surface area contributed by atoms with E-state index in [9.17, 15) is 26.4 Å². The molecule has 0 aliphatic heterocycles. The lowest BCUT2D eigenvalue weighted by Crippen LogP contribution is -2.38. The Bertz CT molecular complexity index is 612. The maximum Gasteiger partial charge on any atom is 0.511 e. The molecule has 0 radical (unpaired) electrons. The topological polar surface area (TPSA) is 75.7 Å². The van der Waals surface area contributed by atoms with Crippen LogP contribution in [0.25, 0.3) is 0 Å². The lowest BCUT2D eigenvalue weighted by atomic mass is 10.2. The van der Waals surface area contributed by atoms with Gasteiger partial charge in [0.25, 0.3) is 0 Å². The van der Waals surface area contributed by atoms with Gasteiger partial charge >= 0.3 is 21.5 Å². The van der Waals surface area contributed by atoms with Crippen molar-refractivity contribution in [3.8, 4) is 0 Å². The molecule has 0 saturated heterocycles. The Labute approximate surface area is 125 Å². The number of carbonyl (C=O) groups excluding carboxylic acids is 1. The zero-order valence-electron chi connectivity index (χ0n) is 11.8. The summed E-state index contributed by atoms with van der Waals surface area (Å²) in [6.07, 6.45) is 0. The molecule has 0 saturated carbocycles. The van der Waals surface area contributed by atoms with Crippen LogP contribution in [0.2, 0.25) is 0 Å². The van der Waals surface area contributed by atoms with Gasteiger partial charge in [-0.05, 0) is 24.3 Å². The number of hydrogen-bond acceptors (Lipinski definition) is 5. The molecule has 0 spiro atoms. The third-order valence-corrected chi connectivity index (χ3v) is 3.74. The SMILES string of the molecule is CN(C)c1ccc(C(=O)OCCNS(=O)(=O)C(F)(F)F)cc1. The Balaban J connectivity index is 2.47. The highest BCUT2D eigenvalue weighted by Gasteiger charge is 2.45. The summed E-state index contributed by atoms with van der Waals surface area (Å²) < 4.78 is 63.4. The van der Waals surface area contributed by atoms with Crippen molar-refractivity contribution in [2.75, 3.05) is 32.1 Å². The summed E-state index contributed by atoms with van der Waals surface area (Å²) in [6.45, 7) is -1.17. The Hall–Kier alpha value is -1.81. The molecule has 0 bridgehead atoms. The molecule has 0 heterocycles. The molecule has 0 aliphatic carbocycles. The van der Waals surface area contributed by atoms with Gasteiger partial charge in [0.05, 0.1) is 5.56 Å². The lowest BCUT2D eigenvalue weighted by molar-refractivity contribution is -0.0448. The van der Waals surface area contributed by atoms with Crippen molar-refractivity contribution in [2.45, 2.75) is 5.51 Å². The van der Waals surface area contributed by atoms with Gasteiger partial charge in [0.1, 0.15) is 6.61 Å². The van der Waals surface area contributed by atoms with Crippen molar-refractivity contribution in [3.05, 3.63) is 29.8 Å². The van der Waals surface area contributed by atoms with Crippen molar-refractivity contribution < 1.29 is 31.1 Å². The van der Waals surface area contributed by atoms with Gasteiger partial charge in [-0.1, -0.05) is 0 Å². The van der Waals surface area contributed by atoms with E-state index in [4.69, 9.17) is 0 Å². The van der Waals surface area contributed by atoms with Gasteiger partial charge < -0.3 is 9.64 Å². The van der Waals surface area contributed by atoms with Gasteiger partial charge in [-0.3, -0.25) is 0 Å². The van der Waals surface area contributed by atoms with Crippen molar-refractivity contribution in [1.82, 2.24) is 4.72 Å². The number of esters is 1. The minimum atomic E-state index is -5.42. The fraction of sp³-hybridized carbons (Fsp3) is 0.417. The number of anilines is 1. The molecule has 1 N–H and O–H groups in total. The minimum absolute atomic E-state index is 0.212. The zero-order valence-corrected chi connectivity index (χ0v) is 12.7. The number of sulfonamides is 1. The predicted octanol–water partition coefficient (Wildman–Crippen LogP) is 1.35. The van der Waals surface area contributed by atoms with Crippen LogP contribution in [0.3, 0.4) is 0 Å². The predicted molar refractivity (Wildman–Crippen MR) is 74.0 cm³/mol. The summed E-state index contributed by atoms with van der Waals surface area (Å²) in [7, 11) is -1.78. The highest BCUT2D eigenvalue weighted by Crippen LogP contribution is 2.21. The first-order valence-corrected chi connectivity index (χ1v) is 7.53. The van der Waals surface area contributed by atoms with Gasteiger partial charge in [0, 0.05) is 26.3 Å². The van der Waals surface area contributed by atoms with Crippen LogP contribution >= 0.6 is 0 Å². The monoisotopic (exact) mass is 340 g/mol. The number of nitrogens with one attached hydrogen (secondary N) is 1. The third kappa shape index (κ3) is 4.88. The highest BCUT2D eigenvalue weighted by molar-refractivity contribution is 7.90. The number of benzene rings is 1. The molecule has 1 aromatic rings. The first-order chi connectivity index (χ1) is 10.0. The van der Waals surface area contributed by atoms with Crippen molar-refractivity contribution in [2.24, 2.45) is 0 Å². The molecule has 10 heteroatoms. The summed E-state index contributed by atoms with van der Waals surface area (Å²) in [6, 6.07) is 6.33. The molecule has 1 aromatic carbocycles. The van der Waals surface area contributed by atoms with Gasteiger partial charge in [-0.25, -0.2) is 17.9 Å². The number of ether oxygens (including phenoxy) is 1. The summed E-state index contributed by atoms with van der Waals surface area (Å²) in [5.74, 6) is -0.753. The molecule has 22 heavy (non-hydrogen) atoms. The number of rotatable bonds is 6. The van der Waals surface area contributed by atoms with E-state index in [2.05, 4.69) is 4.74 Å². The molecule has 124 valence electrons. The van der Waals surface area contributed by atoms with Crippen LogP contribution in [0.1, 0.15) is 10.4 Å². The zero-order chi connectivity index (χ0) is 17.0. The normalized spacial score (nSPS) is 12.0. The number of hydrogen-bond donors (Lipinski definition) is 1. The van der Waals surface area contributed by atoms with Crippen molar-refractivity contribution >= 4 is 21.7 Å². The molecule has 0 aliphatic rings. The average Bonchev–Trinajstić information content (AvgIpc) is 2.42. The molecule has 0 aromatic heterocycles. The average molecular weight is 340 g/mol. The fourth-order valence-corrected chi connectivity index (χ4v) is 1.90. The molecular formula is C12H15F3N2O4S. The number of alkyl halides is 3. The van der Waals surface area contributed by atoms with Crippen LogP contribution in [0.4, 0.5) is 18.9 Å². The van der Waals surface area contributed by atoms with E-state index in [1.807, 2.05) is 19.0 Å². The molecule has 1 rings (SSSR count). The smallest absolute Gasteiger partial charge is 0.461 e. The number of nitrogens with zero attached hydrogens (tertiary/aromatic N) is 1. The van der Waals surface area contributed by atoms with Gasteiger partial charge in [0.2, 0.25) is 0 Å². The first-order valence-electron chi connectivity index (χ1n) is 6.05. The molecule has 0 amide bonds. The van der Waals surface area contributed by atoms with Crippen LogP contribution in [-0.2, 0) is 14.8 Å². The Morgan fingerprint density at radius 3 is 2.23 bits per heavy atom. The Morgan fingerprint density at radius 2 is 1.77 bits per heavy atom. The van der Waals surface area contributed by atoms with Gasteiger partial charge in [-0.15, -0.1) is 0 Å². The maximum atomic E-state index is 12.0. The summed E-state index contributed by atoms with van der Waals surface area (Å²) in [5, 5.41) is 0. The molecule has 0 atom stereocenters. The van der Waals surface area contributed by atoms with Crippen LogP contribution in [0.5, 0.6) is 0 Å². The standard InChI is InChI=1S/C12H15F3N2O4S/c1-17(2)10-5-3-9(4-6-10)11(18)21-8-7-16-22(19,20)12(13,14)15/h3-6,16H,7-8H2,1-2H3. The van der Waals surface area contributed by atoms with Gasteiger partial charge in [0.15, 0.2) is 0 Å². The Morgan fingerprint density at radius 1 is 1.23 bits per heavy atom. The quantitative estimate of drug-likeness (QED) is 0.625. The van der Waals surface area contributed by atoms with E-state index in [0.29, 0.717) is 0 Å². The van der Waals surface area contributed by atoms with E-state index < -0.39 is 34.7 Å². The summed E-state index contributed by atoms with van der Waals surface area (Å²) >= 11 is 0. The van der Waals surface area contributed by atoms with E-state index in [1.165, 1.54) is 16.9 Å². The second kappa shape index (κ2) is 6.97. The van der Waals surface area contributed by atoms with Gasteiger partial charge in [-0.2, -0.15) is 13.2 Å². The van der Waals surface area contributed by atoms with Crippen LogP contribution in [0.15, 0.2) is 24.3 Å². The molecule has 0 fully saturated rings. The first kappa shape index (κ1) is 18.2. The van der Waals surface area contributed by atoms with E-state index in [1.54, 1.807) is 12.1 Å². The second-order valence-corrected chi connectivity index (χ2v) is 6.18.